The quantitative estimate of drug-likeness (QED) is 0.220. The number of benzene rings is 3. The standard InChI is InChI=1S/C32H24ClF2N3O5/c1-32(28-8-6-19(33)15-36-28)42-27-4-2-3-21(30(27)43-32)18-11-23(34)22(24(35)12-18)14-29-37-25-7-5-17(31(39)40)13-26(25)38(29)16-20-9-10-41-20/h2-8,11-13,15,20H,9-10,14,16H2,1H3,(H,39,40)/t20-,32-/m0/s1. The second kappa shape index (κ2) is 10.3. The van der Waals surface area contributed by atoms with Crippen LogP contribution < -0.4 is 9.47 Å². The van der Waals surface area contributed by atoms with Crippen LogP contribution in [0.15, 0.2) is 66.9 Å². The zero-order valence-electron chi connectivity index (χ0n) is 22.8. The van der Waals surface area contributed by atoms with Gasteiger partial charge in [-0.1, -0.05) is 23.7 Å². The minimum atomic E-state index is -1.26. The number of halogens is 3. The summed E-state index contributed by atoms with van der Waals surface area (Å²) in [7, 11) is 0. The van der Waals surface area contributed by atoms with E-state index in [-0.39, 0.29) is 29.2 Å². The number of aromatic carboxylic acids is 1. The van der Waals surface area contributed by atoms with Crippen molar-refractivity contribution in [2.24, 2.45) is 0 Å². The van der Waals surface area contributed by atoms with E-state index >= 15 is 8.78 Å². The number of nitrogens with zero attached hydrogens (tertiary/aromatic N) is 3. The lowest BCUT2D eigenvalue weighted by Gasteiger charge is -2.27. The Labute approximate surface area is 249 Å². The van der Waals surface area contributed by atoms with Gasteiger partial charge in [0, 0.05) is 37.3 Å². The number of aromatic nitrogens is 3. The normalized spacial score (nSPS) is 19.0. The molecule has 7 rings (SSSR count). The second-order valence-corrected chi connectivity index (χ2v) is 11.1. The number of hydrogen-bond acceptors (Lipinski definition) is 6. The van der Waals surface area contributed by atoms with Crippen molar-refractivity contribution in [2.75, 3.05) is 6.61 Å². The van der Waals surface area contributed by atoms with Crippen molar-refractivity contribution in [1.29, 1.82) is 0 Å². The molecule has 0 aliphatic carbocycles. The van der Waals surface area contributed by atoms with Crippen LogP contribution in [0, 0.1) is 11.6 Å². The van der Waals surface area contributed by atoms with Gasteiger partial charge in [0.1, 0.15) is 23.2 Å². The van der Waals surface area contributed by atoms with Crippen molar-refractivity contribution >= 4 is 28.6 Å². The molecule has 2 aliphatic rings. The molecule has 0 unspecified atom stereocenters. The SMILES string of the molecule is C[C@]1(c2ccc(Cl)cn2)Oc2cccc(-c3cc(F)c(Cc4nc5ccc(C(=O)O)cc5n4C[C@@H]4CCO4)c(F)c3)c2O1. The topological polar surface area (TPSA) is 95.7 Å². The zero-order chi connectivity index (χ0) is 29.9. The lowest BCUT2D eigenvalue weighted by atomic mass is 10.00. The Morgan fingerprint density at radius 3 is 2.58 bits per heavy atom. The molecule has 0 radical (unpaired) electrons. The smallest absolute Gasteiger partial charge is 0.335 e. The van der Waals surface area contributed by atoms with Gasteiger partial charge in [-0.2, -0.15) is 0 Å². The number of carboxylic acids is 1. The number of hydrogen-bond donors (Lipinski definition) is 1. The first-order valence-electron chi connectivity index (χ1n) is 13.6. The van der Waals surface area contributed by atoms with Crippen molar-refractivity contribution in [1.82, 2.24) is 14.5 Å². The van der Waals surface area contributed by atoms with Gasteiger partial charge in [0.2, 0.25) is 0 Å². The van der Waals surface area contributed by atoms with Gasteiger partial charge in [-0.15, -0.1) is 0 Å². The van der Waals surface area contributed by atoms with E-state index in [1.807, 2.05) is 0 Å². The van der Waals surface area contributed by atoms with E-state index in [4.69, 9.17) is 25.8 Å². The molecule has 2 atom stereocenters. The summed E-state index contributed by atoms with van der Waals surface area (Å²) in [5.41, 5.74) is 2.25. The molecular weight excluding hydrogens is 580 g/mol. The monoisotopic (exact) mass is 603 g/mol. The molecule has 4 heterocycles. The maximum atomic E-state index is 15.7. The Bertz CT molecular complexity index is 1880. The molecule has 0 amide bonds. The molecule has 1 fully saturated rings. The van der Waals surface area contributed by atoms with Crippen LogP contribution in [-0.2, 0) is 23.5 Å². The van der Waals surface area contributed by atoms with Crippen LogP contribution in [0.3, 0.4) is 0 Å². The first-order chi connectivity index (χ1) is 20.7. The van der Waals surface area contributed by atoms with Crippen LogP contribution in [0.5, 0.6) is 11.5 Å². The Morgan fingerprint density at radius 2 is 1.91 bits per heavy atom. The van der Waals surface area contributed by atoms with E-state index in [9.17, 15) is 9.90 Å². The van der Waals surface area contributed by atoms with Crippen molar-refractivity contribution in [3.63, 3.8) is 0 Å². The summed E-state index contributed by atoms with van der Waals surface area (Å²) in [6.45, 7) is 2.73. The van der Waals surface area contributed by atoms with Crippen LogP contribution in [-0.4, -0.2) is 38.3 Å². The van der Waals surface area contributed by atoms with E-state index < -0.39 is 23.4 Å². The van der Waals surface area contributed by atoms with Crippen LogP contribution in [0.4, 0.5) is 8.78 Å². The summed E-state index contributed by atoms with van der Waals surface area (Å²) in [5, 5.41) is 9.95. The van der Waals surface area contributed by atoms with Gasteiger partial charge in [0.05, 0.1) is 34.3 Å². The molecule has 2 aromatic heterocycles. The van der Waals surface area contributed by atoms with E-state index in [0.29, 0.717) is 57.8 Å². The fourth-order valence-electron chi connectivity index (χ4n) is 5.47. The van der Waals surface area contributed by atoms with E-state index in [0.717, 1.165) is 6.42 Å². The first-order valence-corrected chi connectivity index (χ1v) is 14.0. The lowest BCUT2D eigenvalue weighted by molar-refractivity contribution is -0.0715. The van der Waals surface area contributed by atoms with Crippen LogP contribution >= 0.6 is 11.6 Å². The fourth-order valence-corrected chi connectivity index (χ4v) is 5.58. The largest absolute Gasteiger partial charge is 0.478 e. The van der Waals surface area contributed by atoms with Gasteiger partial charge in [-0.3, -0.25) is 4.98 Å². The van der Waals surface area contributed by atoms with Gasteiger partial charge in [0.25, 0.3) is 5.79 Å². The highest BCUT2D eigenvalue weighted by Gasteiger charge is 2.41. The Hall–Kier alpha value is -4.54. The molecule has 11 heteroatoms. The molecule has 5 aromatic rings. The Morgan fingerprint density at radius 1 is 1.12 bits per heavy atom. The third kappa shape index (κ3) is 4.86. The van der Waals surface area contributed by atoms with Crippen LogP contribution in [0.2, 0.25) is 5.02 Å². The average Bonchev–Trinajstić information content (AvgIpc) is 3.49. The molecule has 3 aromatic carbocycles. The van der Waals surface area contributed by atoms with Crippen molar-refractivity contribution in [2.45, 2.75) is 38.2 Å². The minimum absolute atomic E-state index is 0.0853. The predicted molar refractivity (Wildman–Crippen MR) is 154 cm³/mol. The number of rotatable bonds is 7. The van der Waals surface area contributed by atoms with E-state index in [1.54, 1.807) is 47.9 Å². The molecular formula is C32H24ClF2N3O5. The first kappa shape index (κ1) is 27.3. The summed E-state index contributed by atoms with van der Waals surface area (Å²) < 4.78 is 51.1. The molecule has 0 bridgehead atoms. The Kier molecular flexibility index (Phi) is 6.55. The third-order valence-corrected chi connectivity index (χ3v) is 8.04. The number of ether oxygens (including phenoxy) is 3. The summed E-state index contributed by atoms with van der Waals surface area (Å²) in [6.07, 6.45) is 2.09. The summed E-state index contributed by atoms with van der Waals surface area (Å²) in [6, 6.07) is 15.6. The van der Waals surface area contributed by atoms with Crippen molar-refractivity contribution in [3.05, 3.63) is 106 Å². The van der Waals surface area contributed by atoms with E-state index in [2.05, 4.69) is 9.97 Å². The highest BCUT2D eigenvalue weighted by molar-refractivity contribution is 6.30. The van der Waals surface area contributed by atoms with Crippen molar-refractivity contribution in [3.8, 4) is 22.6 Å². The highest BCUT2D eigenvalue weighted by atomic mass is 35.5. The lowest BCUT2D eigenvalue weighted by Crippen LogP contribution is -2.32. The van der Waals surface area contributed by atoms with E-state index in [1.165, 1.54) is 30.5 Å². The van der Waals surface area contributed by atoms with Gasteiger partial charge < -0.3 is 23.9 Å². The van der Waals surface area contributed by atoms with Gasteiger partial charge in [0.15, 0.2) is 11.5 Å². The highest BCUT2D eigenvalue weighted by Crippen LogP contribution is 2.49. The van der Waals surface area contributed by atoms with Gasteiger partial charge >= 0.3 is 5.97 Å². The van der Waals surface area contributed by atoms with Crippen LogP contribution in [0.25, 0.3) is 22.2 Å². The number of carbonyl (C=O) groups is 1. The summed E-state index contributed by atoms with van der Waals surface area (Å²) in [4.78, 5) is 20.5. The number of pyridine rings is 1. The number of fused-ring (bicyclic) bond motifs is 2. The molecule has 218 valence electrons. The summed E-state index contributed by atoms with van der Waals surface area (Å²) >= 11 is 5.98. The second-order valence-electron chi connectivity index (χ2n) is 10.7. The Balaban J connectivity index is 1.23. The molecule has 1 saturated heterocycles. The average molecular weight is 604 g/mol. The minimum Gasteiger partial charge on any atom is -0.478 e. The molecule has 0 saturated carbocycles. The molecule has 43 heavy (non-hydrogen) atoms. The molecule has 0 spiro atoms. The number of para-hydroxylation sites is 1. The third-order valence-electron chi connectivity index (χ3n) is 7.81. The van der Waals surface area contributed by atoms with Crippen LogP contribution in [0.1, 0.15) is 40.8 Å². The molecule has 8 nitrogen and oxygen atoms in total. The predicted octanol–water partition coefficient (Wildman–Crippen LogP) is 6.75. The maximum absolute atomic E-state index is 15.7. The number of carboxylic acid groups (broad SMARTS) is 1. The zero-order valence-corrected chi connectivity index (χ0v) is 23.6. The summed E-state index contributed by atoms with van der Waals surface area (Å²) in [5.74, 6) is -2.68. The van der Waals surface area contributed by atoms with Crippen molar-refractivity contribution < 1.29 is 32.9 Å². The maximum Gasteiger partial charge on any atom is 0.335 e. The van der Waals surface area contributed by atoms with Gasteiger partial charge in [-0.05, 0) is 60.5 Å². The fraction of sp³-hybridized carbons (Fsp3) is 0.219. The molecule has 2 aliphatic heterocycles. The van der Waals surface area contributed by atoms with Gasteiger partial charge in [-0.25, -0.2) is 18.6 Å². The number of imidazole rings is 1. The molecule has 1 N–H and O–H groups in total.